The molecule has 0 aromatic rings. The van der Waals surface area contributed by atoms with Crippen molar-refractivity contribution in [1.82, 2.24) is 0 Å². The van der Waals surface area contributed by atoms with Gasteiger partial charge >= 0.3 is 23.1 Å². The summed E-state index contributed by atoms with van der Waals surface area (Å²) < 4.78 is 5.93. The summed E-state index contributed by atoms with van der Waals surface area (Å²) in [6, 6.07) is 0. The monoisotopic (exact) mass is 338 g/mol. The summed E-state index contributed by atoms with van der Waals surface area (Å²) in [4.78, 5) is 0. The van der Waals surface area contributed by atoms with E-state index in [1.807, 2.05) is 0 Å². The maximum Gasteiger partial charge on any atom is 2.00 e. The fourth-order valence-electron chi connectivity index (χ4n) is 0.646. The molecule has 0 amide bonds. The Balaban J connectivity index is -0.000000605. The molecule has 0 spiro atoms. The van der Waals surface area contributed by atoms with Gasteiger partial charge in [0.2, 0.25) is 0 Å². The quantitative estimate of drug-likeness (QED) is 0.309. The van der Waals surface area contributed by atoms with E-state index in [4.69, 9.17) is 4.43 Å². The molecule has 0 saturated heterocycles. The van der Waals surface area contributed by atoms with Gasteiger partial charge in [-0.05, 0) is 18.1 Å². The molecule has 0 bridgehead atoms. The van der Waals surface area contributed by atoms with Crippen LogP contribution in [-0.4, -0.2) is 38.0 Å². The Labute approximate surface area is 124 Å². The van der Waals surface area contributed by atoms with E-state index >= 15 is 0 Å². The molecule has 0 aliphatic rings. The number of hydrogen-bond acceptors (Lipinski definition) is 1. The fraction of sp³-hybridized carbons (Fsp3) is 0.900. The van der Waals surface area contributed by atoms with Gasteiger partial charge in [-0.25, -0.2) is 0 Å². The predicted octanol–water partition coefficient (Wildman–Crippen LogP) is 0.246. The van der Waals surface area contributed by atoms with Crippen molar-refractivity contribution < 1.29 is 28.4 Å². The Kier molecular flexibility index (Phi) is 13.2. The van der Waals surface area contributed by atoms with Crippen LogP contribution >= 0.6 is 0 Å². The van der Waals surface area contributed by atoms with Gasteiger partial charge in [0.05, 0.1) is 0 Å². The molecular weight excluding hydrogens is 315 g/mol. The molecule has 0 saturated carbocycles. The van der Waals surface area contributed by atoms with E-state index in [1.165, 1.54) is 0 Å². The second-order valence-corrected chi connectivity index (χ2v) is 9.63. The third kappa shape index (κ3) is 7.90. The normalized spacial score (nSPS) is 11.6. The largest absolute Gasteiger partial charge is 2.00 e. The summed E-state index contributed by atoms with van der Waals surface area (Å²) in [5.74, 6) is 0. The smallest absolute Gasteiger partial charge is 1.00 e. The van der Waals surface area contributed by atoms with Crippen LogP contribution in [0.15, 0.2) is 0 Å². The van der Waals surface area contributed by atoms with E-state index < -0.39 is 8.32 Å². The first-order valence-electron chi connectivity index (χ1n) is 4.74. The molecule has 0 aromatic carbocycles. The zero-order chi connectivity index (χ0) is 9.83. The van der Waals surface area contributed by atoms with Crippen molar-refractivity contribution in [3.05, 3.63) is 6.92 Å². The SMILES string of the molecule is [CH2-]CCCO[Si](C)(C)C(C)(C)C.[I-].[Mg+2]. The Hall–Kier alpha value is 1.67. The molecule has 0 aliphatic carbocycles. The fourth-order valence-corrected chi connectivity index (χ4v) is 1.73. The first-order valence-corrected chi connectivity index (χ1v) is 7.65. The van der Waals surface area contributed by atoms with Gasteiger partial charge in [0.25, 0.3) is 0 Å². The molecule has 0 N–H and O–H groups in total. The van der Waals surface area contributed by atoms with Gasteiger partial charge in [-0.1, -0.05) is 27.2 Å². The van der Waals surface area contributed by atoms with E-state index in [0.29, 0.717) is 5.04 Å². The Morgan fingerprint density at radius 2 is 1.64 bits per heavy atom. The summed E-state index contributed by atoms with van der Waals surface area (Å²) in [6.07, 6.45) is 2.07. The average Bonchev–Trinajstić information content (AvgIpc) is 1.85. The second kappa shape index (κ2) is 8.78. The van der Waals surface area contributed by atoms with Crippen molar-refractivity contribution in [2.45, 2.75) is 51.7 Å². The molecule has 0 fully saturated rings. The average molecular weight is 339 g/mol. The van der Waals surface area contributed by atoms with Crippen LogP contribution in [0.4, 0.5) is 0 Å². The van der Waals surface area contributed by atoms with Crippen LogP contribution in [0, 0.1) is 6.92 Å². The van der Waals surface area contributed by atoms with Gasteiger partial charge in [0.1, 0.15) is 0 Å². The van der Waals surface area contributed by atoms with Crippen molar-refractivity contribution in [2.75, 3.05) is 6.61 Å². The van der Waals surface area contributed by atoms with E-state index in [1.54, 1.807) is 0 Å². The standard InChI is InChI=1S/C10H23OSi.HI.Mg/c1-7-8-9-11-12(5,6)10(2,3)4;;/h1,7-9H2,2-6H3;1H;/q-1;;+2/p-1. The zero-order valence-electron chi connectivity index (χ0n) is 10.3. The zero-order valence-corrected chi connectivity index (χ0v) is 14.9. The summed E-state index contributed by atoms with van der Waals surface area (Å²) in [5.41, 5.74) is 0. The van der Waals surface area contributed by atoms with Crippen LogP contribution in [0.1, 0.15) is 33.6 Å². The minimum absolute atomic E-state index is 0. The first-order chi connectivity index (χ1) is 5.31. The number of hydrogen-bond donors (Lipinski definition) is 0. The molecule has 0 aromatic heterocycles. The van der Waals surface area contributed by atoms with Gasteiger partial charge in [0.15, 0.2) is 8.32 Å². The van der Waals surface area contributed by atoms with Crippen molar-refractivity contribution in [2.24, 2.45) is 0 Å². The molecule has 0 atom stereocenters. The maximum absolute atomic E-state index is 5.93. The second-order valence-electron chi connectivity index (χ2n) is 4.82. The van der Waals surface area contributed by atoms with Crippen LogP contribution < -0.4 is 24.0 Å². The van der Waals surface area contributed by atoms with E-state index in [2.05, 4.69) is 40.8 Å². The molecule has 0 heterocycles. The minimum atomic E-state index is -1.47. The van der Waals surface area contributed by atoms with E-state index in [9.17, 15) is 0 Å². The van der Waals surface area contributed by atoms with Crippen LogP contribution in [0.25, 0.3) is 0 Å². The van der Waals surface area contributed by atoms with Crippen molar-refractivity contribution in [3.63, 3.8) is 0 Å². The first kappa shape index (κ1) is 21.0. The third-order valence-corrected chi connectivity index (χ3v) is 7.20. The van der Waals surface area contributed by atoms with Crippen molar-refractivity contribution >= 4 is 31.4 Å². The van der Waals surface area contributed by atoms with Gasteiger partial charge in [0, 0.05) is 6.61 Å². The van der Waals surface area contributed by atoms with Crippen molar-refractivity contribution in [3.8, 4) is 0 Å². The summed E-state index contributed by atoms with van der Waals surface area (Å²) in [7, 11) is -1.47. The molecular formula is C10H23IMgOSi. The summed E-state index contributed by atoms with van der Waals surface area (Å²) in [6.45, 7) is 16.1. The topological polar surface area (TPSA) is 9.23 Å². The molecule has 0 rings (SSSR count). The van der Waals surface area contributed by atoms with E-state index in [0.717, 1.165) is 19.4 Å². The number of halogens is 1. The van der Waals surface area contributed by atoms with Gasteiger partial charge in [-0.15, -0.1) is 0 Å². The van der Waals surface area contributed by atoms with Crippen molar-refractivity contribution in [1.29, 1.82) is 0 Å². The minimum Gasteiger partial charge on any atom is -1.00 e. The molecule has 82 valence electrons. The van der Waals surface area contributed by atoms with Crippen LogP contribution in [-0.2, 0) is 4.43 Å². The van der Waals surface area contributed by atoms with Crippen LogP contribution in [0.2, 0.25) is 18.1 Å². The summed E-state index contributed by atoms with van der Waals surface area (Å²) >= 11 is 0. The third-order valence-electron chi connectivity index (χ3n) is 2.66. The number of rotatable bonds is 4. The molecule has 0 aliphatic heterocycles. The van der Waals surface area contributed by atoms with Crippen LogP contribution in [0.3, 0.4) is 0 Å². The Morgan fingerprint density at radius 3 is 1.93 bits per heavy atom. The van der Waals surface area contributed by atoms with E-state index in [-0.39, 0.29) is 47.0 Å². The van der Waals surface area contributed by atoms with Crippen LogP contribution in [0.5, 0.6) is 0 Å². The molecule has 4 heteroatoms. The summed E-state index contributed by atoms with van der Waals surface area (Å²) in [5, 5.41) is 0.341. The molecule has 0 unspecified atom stereocenters. The predicted molar refractivity (Wildman–Crippen MR) is 63.5 cm³/mol. The molecule has 14 heavy (non-hydrogen) atoms. The van der Waals surface area contributed by atoms with Gasteiger partial charge in [-0.2, -0.15) is 6.42 Å². The van der Waals surface area contributed by atoms with Gasteiger partial charge < -0.3 is 35.3 Å². The maximum atomic E-state index is 5.93. The van der Waals surface area contributed by atoms with Gasteiger partial charge in [-0.3, -0.25) is 0 Å². The Morgan fingerprint density at radius 1 is 1.21 bits per heavy atom. The molecule has 0 radical (unpaired) electrons. The molecule has 1 nitrogen and oxygen atoms in total. The number of unbranched alkanes of at least 4 members (excludes halogenated alkanes) is 1. The Bertz CT molecular complexity index is 135.